The van der Waals surface area contributed by atoms with Crippen LogP contribution >= 0.6 is 0 Å². The van der Waals surface area contributed by atoms with Gasteiger partial charge in [0.25, 0.3) is 0 Å². The summed E-state index contributed by atoms with van der Waals surface area (Å²) in [4.78, 5) is 14.4. The third-order valence-corrected chi connectivity index (χ3v) is 3.76. The second-order valence-electron chi connectivity index (χ2n) is 5.15. The van der Waals surface area contributed by atoms with Crippen LogP contribution in [0, 0.1) is 5.92 Å². The Kier molecular flexibility index (Phi) is 4.43. The maximum absolute atomic E-state index is 12.6. The Hall–Kier alpha value is -1.55. The number of phenols is 1. The highest BCUT2D eigenvalue weighted by molar-refractivity contribution is 5.97. The van der Waals surface area contributed by atoms with Gasteiger partial charge in [0.15, 0.2) is 0 Å². The fraction of sp³-hybridized carbons (Fsp3) is 0.533. The summed E-state index contributed by atoms with van der Waals surface area (Å²) in [6.07, 6.45) is 2.21. The third kappa shape index (κ3) is 3.07. The zero-order chi connectivity index (χ0) is 13.8. The van der Waals surface area contributed by atoms with Gasteiger partial charge in [0, 0.05) is 18.3 Å². The van der Waals surface area contributed by atoms with Crippen LogP contribution in [0.5, 0.6) is 5.75 Å². The molecule has 1 saturated heterocycles. The molecule has 104 valence electrons. The smallest absolute Gasteiger partial charge is 0.244 e. The summed E-state index contributed by atoms with van der Waals surface area (Å²) < 4.78 is 0. The van der Waals surface area contributed by atoms with Gasteiger partial charge < -0.3 is 15.3 Å². The molecule has 19 heavy (non-hydrogen) atoms. The standard InChI is InChI=1S/C15H22N2O2/c1-3-17(12-7-4-8-13(18)10-12)15(19)14-11(2)6-5-9-16-14/h4,7-8,10-11,14,16,18H,3,5-6,9H2,1-2H3. The number of aromatic hydroxyl groups is 1. The van der Waals surface area contributed by atoms with Gasteiger partial charge in [0.05, 0.1) is 6.04 Å². The maximum Gasteiger partial charge on any atom is 0.244 e. The van der Waals surface area contributed by atoms with E-state index in [1.54, 1.807) is 23.1 Å². The number of phenolic OH excluding ortho intramolecular Hbond substituents is 1. The van der Waals surface area contributed by atoms with E-state index in [4.69, 9.17) is 0 Å². The van der Waals surface area contributed by atoms with Gasteiger partial charge in [-0.2, -0.15) is 0 Å². The van der Waals surface area contributed by atoms with E-state index in [1.807, 2.05) is 13.0 Å². The number of carbonyl (C=O) groups is 1. The second-order valence-corrected chi connectivity index (χ2v) is 5.15. The number of anilines is 1. The first-order valence-corrected chi connectivity index (χ1v) is 6.97. The number of likely N-dealkylation sites (N-methyl/N-ethyl adjacent to an activating group) is 1. The number of carbonyl (C=O) groups excluding carboxylic acids is 1. The molecule has 4 heteroatoms. The molecule has 2 N–H and O–H groups in total. The van der Waals surface area contributed by atoms with Crippen molar-refractivity contribution in [1.29, 1.82) is 0 Å². The molecule has 0 aliphatic carbocycles. The van der Waals surface area contributed by atoms with E-state index in [1.165, 1.54) is 0 Å². The molecular formula is C15H22N2O2. The van der Waals surface area contributed by atoms with Gasteiger partial charge in [-0.05, 0) is 44.4 Å². The van der Waals surface area contributed by atoms with E-state index >= 15 is 0 Å². The summed E-state index contributed by atoms with van der Waals surface area (Å²) in [6, 6.07) is 6.75. The van der Waals surface area contributed by atoms with Crippen molar-refractivity contribution >= 4 is 11.6 Å². The fourth-order valence-corrected chi connectivity index (χ4v) is 2.67. The average Bonchev–Trinajstić information content (AvgIpc) is 2.40. The summed E-state index contributed by atoms with van der Waals surface area (Å²) in [6.45, 7) is 5.58. The normalized spacial score (nSPS) is 23.1. The van der Waals surface area contributed by atoms with Crippen LogP contribution in [-0.2, 0) is 4.79 Å². The van der Waals surface area contributed by atoms with Gasteiger partial charge in [-0.1, -0.05) is 13.0 Å². The van der Waals surface area contributed by atoms with E-state index in [-0.39, 0.29) is 17.7 Å². The number of nitrogens with one attached hydrogen (secondary N) is 1. The Morgan fingerprint density at radius 2 is 2.32 bits per heavy atom. The van der Waals surface area contributed by atoms with Crippen molar-refractivity contribution < 1.29 is 9.90 Å². The number of amides is 1. The van der Waals surface area contributed by atoms with Crippen LogP contribution in [0.4, 0.5) is 5.69 Å². The SMILES string of the molecule is CCN(C(=O)C1NCCCC1C)c1cccc(O)c1. The molecule has 0 radical (unpaired) electrons. The fourth-order valence-electron chi connectivity index (χ4n) is 2.67. The van der Waals surface area contributed by atoms with Crippen molar-refractivity contribution in [2.45, 2.75) is 32.7 Å². The topological polar surface area (TPSA) is 52.6 Å². The third-order valence-electron chi connectivity index (χ3n) is 3.76. The molecule has 0 saturated carbocycles. The van der Waals surface area contributed by atoms with Crippen LogP contribution < -0.4 is 10.2 Å². The van der Waals surface area contributed by atoms with Gasteiger partial charge >= 0.3 is 0 Å². The molecule has 2 rings (SSSR count). The van der Waals surface area contributed by atoms with E-state index in [9.17, 15) is 9.90 Å². The minimum absolute atomic E-state index is 0.0975. The molecule has 1 aliphatic heterocycles. The second kappa shape index (κ2) is 6.06. The van der Waals surface area contributed by atoms with Crippen molar-refractivity contribution in [3.05, 3.63) is 24.3 Å². The summed E-state index contributed by atoms with van der Waals surface area (Å²) in [7, 11) is 0. The predicted octanol–water partition coefficient (Wildman–Crippen LogP) is 2.13. The minimum Gasteiger partial charge on any atom is -0.508 e. The van der Waals surface area contributed by atoms with Crippen LogP contribution in [0.25, 0.3) is 0 Å². The van der Waals surface area contributed by atoms with Crippen LogP contribution in [0.1, 0.15) is 26.7 Å². The van der Waals surface area contributed by atoms with Crippen LogP contribution in [-0.4, -0.2) is 30.1 Å². The molecule has 0 aromatic heterocycles. The predicted molar refractivity (Wildman–Crippen MR) is 76.3 cm³/mol. The molecule has 0 spiro atoms. The minimum atomic E-state index is -0.115. The molecule has 4 nitrogen and oxygen atoms in total. The Bertz CT molecular complexity index is 448. The van der Waals surface area contributed by atoms with E-state index in [0.29, 0.717) is 12.5 Å². The molecule has 1 aromatic rings. The first-order chi connectivity index (χ1) is 9.13. The van der Waals surface area contributed by atoms with E-state index in [0.717, 1.165) is 25.1 Å². The number of piperidine rings is 1. The quantitative estimate of drug-likeness (QED) is 0.877. The summed E-state index contributed by atoms with van der Waals surface area (Å²) in [5.74, 6) is 0.640. The Labute approximate surface area is 114 Å². The highest BCUT2D eigenvalue weighted by Gasteiger charge is 2.31. The van der Waals surface area contributed by atoms with Gasteiger partial charge in [0.2, 0.25) is 5.91 Å². The lowest BCUT2D eigenvalue weighted by Gasteiger charge is -2.33. The van der Waals surface area contributed by atoms with E-state index < -0.39 is 0 Å². The largest absolute Gasteiger partial charge is 0.508 e. The molecule has 0 bridgehead atoms. The first-order valence-electron chi connectivity index (χ1n) is 6.97. The lowest BCUT2D eigenvalue weighted by atomic mass is 9.91. The van der Waals surface area contributed by atoms with Crippen LogP contribution in [0.2, 0.25) is 0 Å². The molecular weight excluding hydrogens is 240 g/mol. The van der Waals surface area contributed by atoms with Crippen molar-refractivity contribution in [2.24, 2.45) is 5.92 Å². The monoisotopic (exact) mass is 262 g/mol. The van der Waals surface area contributed by atoms with Gasteiger partial charge in [-0.3, -0.25) is 4.79 Å². The lowest BCUT2D eigenvalue weighted by Crippen LogP contribution is -2.52. The molecule has 2 unspecified atom stereocenters. The number of benzene rings is 1. The van der Waals surface area contributed by atoms with Crippen molar-refractivity contribution in [3.8, 4) is 5.75 Å². The Morgan fingerprint density at radius 1 is 1.53 bits per heavy atom. The Morgan fingerprint density at radius 3 is 2.95 bits per heavy atom. The molecule has 1 aromatic carbocycles. The molecule has 1 fully saturated rings. The number of nitrogens with zero attached hydrogens (tertiary/aromatic N) is 1. The van der Waals surface area contributed by atoms with Crippen molar-refractivity contribution in [2.75, 3.05) is 18.0 Å². The molecule has 1 amide bonds. The zero-order valence-corrected chi connectivity index (χ0v) is 11.6. The van der Waals surface area contributed by atoms with Gasteiger partial charge in [0.1, 0.15) is 5.75 Å². The number of hydrogen-bond donors (Lipinski definition) is 2. The van der Waals surface area contributed by atoms with Gasteiger partial charge in [-0.15, -0.1) is 0 Å². The molecule has 2 atom stereocenters. The van der Waals surface area contributed by atoms with Crippen molar-refractivity contribution in [3.63, 3.8) is 0 Å². The van der Waals surface area contributed by atoms with Crippen molar-refractivity contribution in [1.82, 2.24) is 5.32 Å². The first kappa shape index (κ1) is 13.9. The summed E-state index contributed by atoms with van der Waals surface area (Å²) in [5.41, 5.74) is 0.757. The summed E-state index contributed by atoms with van der Waals surface area (Å²) >= 11 is 0. The van der Waals surface area contributed by atoms with Gasteiger partial charge in [-0.25, -0.2) is 0 Å². The zero-order valence-electron chi connectivity index (χ0n) is 11.6. The maximum atomic E-state index is 12.6. The molecule has 1 heterocycles. The molecule has 1 aliphatic rings. The highest BCUT2D eigenvalue weighted by atomic mass is 16.3. The highest BCUT2D eigenvalue weighted by Crippen LogP contribution is 2.23. The Balaban J connectivity index is 2.19. The van der Waals surface area contributed by atoms with E-state index in [2.05, 4.69) is 12.2 Å². The number of hydrogen-bond acceptors (Lipinski definition) is 3. The number of rotatable bonds is 3. The average molecular weight is 262 g/mol. The summed E-state index contributed by atoms with van der Waals surface area (Å²) in [5, 5.41) is 12.9. The van der Waals surface area contributed by atoms with Crippen LogP contribution in [0.3, 0.4) is 0 Å². The van der Waals surface area contributed by atoms with Crippen LogP contribution in [0.15, 0.2) is 24.3 Å². The lowest BCUT2D eigenvalue weighted by molar-refractivity contribution is -0.122.